The second-order valence-corrected chi connectivity index (χ2v) is 5.02. The third-order valence-electron chi connectivity index (χ3n) is 3.00. The number of hydrogen-bond donors (Lipinski definition) is 2. The van der Waals surface area contributed by atoms with Gasteiger partial charge in [0.25, 0.3) is 0 Å². The van der Waals surface area contributed by atoms with Gasteiger partial charge in [-0.3, -0.25) is 4.79 Å². The Morgan fingerprint density at radius 1 is 1.50 bits per heavy atom. The van der Waals surface area contributed by atoms with E-state index in [9.17, 15) is 9.59 Å². The van der Waals surface area contributed by atoms with Crippen LogP contribution in [0.2, 0.25) is 0 Å². The third-order valence-corrected chi connectivity index (χ3v) is 3.00. The number of rotatable bonds is 3. The molecule has 1 unspecified atom stereocenters. The standard InChI is InChI=1S/C11H20N2O3/c1-8(7-9(14)15)12-10(16)13-6-4-5-11(13,2)3/h8H,4-7H2,1-3H3,(H,12,16)(H,14,15). The lowest BCUT2D eigenvalue weighted by Gasteiger charge is -2.32. The summed E-state index contributed by atoms with van der Waals surface area (Å²) < 4.78 is 0. The van der Waals surface area contributed by atoms with E-state index in [0.29, 0.717) is 0 Å². The number of nitrogens with zero attached hydrogens (tertiary/aromatic N) is 1. The molecule has 1 aliphatic rings. The average Bonchev–Trinajstić information content (AvgIpc) is 2.43. The zero-order chi connectivity index (χ0) is 12.3. The van der Waals surface area contributed by atoms with E-state index in [1.807, 2.05) is 13.8 Å². The van der Waals surface area contributed by atoms with E-state index < -0.39 is 5.97 Å². The van der Waals surface area contributed by atoms with Crippen molar-refractivity contribution in [2.24, 2.45) is 0 Å². The van der Waals surface area contributed by atoms with Crippen LogP contribution in [0.1, 0.15) is 40.0 Å². The Hall–Kier alpha value is -1.26. The van der Waals surface area contributed by atoms with E-state index >= 15 is 0 Å². The van der Waals surface area contributed by atoms with Crippen molar-refractivity contribution in [3.05, 3.63) is 0 Å². The van der Waals surface area contributed by atoms with Crippen LogP contribution < -0.4 is 5.32 Å². The van der Waals surface area contributed by atoms with Crippen molar-refractivity contribution in [3.8, 4) is 0 Å². The van der Waals surface area contributed by atoms with Crippen molar-refractivity contribution in [2.45, 2.75) is 51.6 Å². The van der Waals surface area contributed by atoms with Crippen LogP contribution in [0.5, 0.6) is 0 Å². The number of amides is 2. The van der Waals surface area contributed by atoms with Crippen LogP contribution in [0.25, 0.3) is 0 Å². The number of nitrogens with one attached hydrogen (secondary N) is 1. The molecule has 0 spiro atoms. The van der Waals surface area contributed by atoms with Gasteiger partial charge in [-0.2, -0.15) is 0 Å². The number of carbonyl (C=O) groups excluding carboxylic acids is 1. The predicted molar refractivity (Wildman–Crippen MR) is 60.3 cm³/mol. The van der Waals surface area contributed by atoms with Crippen LogP contribution in [0.15, 0.2) is 0 Å². The van der Waals surface area contributed by atoms with Gasteiger partial charge in [0.05, 0.1) is 6.42 Å². The summed E-state index contributed by atoms with van der Waals surface area (Å²) in [7, 11) is 0. The fraction of sp³-hybridized carbons (Fsp3) is 0.818. The number of carboxylic acid groups (broad SMARTS) is 1. The molecule has 1 atom stereocenters. The molecular weight excluding hydrogens is 208 g/mol. The monoisotopic (exact) mass is 228 g/mol. The van der Waals surface area contributed by atoms with Gasteiger partial charge < -0.3 is 15.3 Å². The highest BCUT2D eigenvalue weighted by molar-refractivity contribution is 5.76. The van der Waals surface area contributed by atoms with Gasteiger partial charge in [-0.25, -0.2) is 4.79 Å². The van der Waals surface area contributed by atoms with Gasteiger partial charge in [0, 0.05) is 18.1 Å². The Morgan fingerprint density at radius 3 is 2.56 bits per heavy atom. The quantitative estimate of drug-likeness (QED) is 0.767. The van der Waals surface area contributed by atoms with E-state index in [1.54, 1.807) is 11.8 Å². The zero-order valence-corrected chi connectivity index (χ0v) is 10.1. The molecule has 2 amide bonds. The molecule has 0 aliphatic carbocycles. The predicted octanol–water partition coefficient (Wildman–Crippen LogP) is 1.43. The van der Waals surface area contributed by atoms with Crippen molar-refractivity contribution < 1.29 is 14.7 Å². The first-order valence-corrected chi connectivity index (χ1v) is 5.63. The van der Waals surface area contributed by atoms with Crippen molar-refractivity contribution in [1.29, 1.82) is 0 Å². The highest BCUT2D eigenvalue weighted by Crippen LogP contribution is 2.27. The largest absolute Gasteiger partial charge is 0.481 e. The van der Waals surface area contributed by atoms with Gasteiger partial charge in [0.1, 0.15) is 0 Å². The van der Waals surface area contributed by atoms with Crippen molar-refractivity contribution in [2.75, 3.05) is 6.54 Å². The minimum Gasteiger partial charge on any atom is -0.481 e. The van der Waals surface area contributed by atoms with Crippen LogP contribution >= 0.6 is 0 Å². The van der Waals surface area contributed by atoms with E-state index in [1.165, 1.54) is 0 Å². The Bertz CT molecular complexity index is 289. The number of carboxylic acids is 1. The van der Waals surface area contributed by atoms with Gasteiger partial charge in [-0.1, -0.05) is 0 Å². The Balaban J connectivity index is 2.49. The lowest BCUT2D eigenvalue weighted by molar-refractivity contribution is -0.137. The molecule has 1 saturated heterocycles. The maximum Gasteiger partial charge on any atom is 0.318 e. The molecule has 16 heavy (non-hydrogen) atoms. The summed E-state index contributed by atoms with van der Waals surface area (Å²) in [5.74, 6) is -0.895. The molecular formula is C11H20N2O3. The Kier molecular flexibility index (Phi) is 3.78. The molecule has 2 N–H and O–H groups in total. The maximum absolute atomic E-state index is 11.9. The summed E-state index contributed by atoms with van der Waals surface area (Å²) >= 11 is 0. The molecule has 0 radical (unpaired) electrons. The molecule has 0 bridgehead atoms. The topological polar surface area (TPSA) is 69.6 Å². The summed E-state index contributed by atoms with van der Waals surface area (Å²) in [6.07, 6.45) is 1.96. The highest BCUT2D eigenvalue weighted by atomic mass is 16.4. The van der Waals surface area contributed by atoms with Gasteiger partial charge in [-0.05, 0) is 33.6 Å². The summed E-state index contributed by atoms with van der Waals surface area (Å²) in [4.78, 5) is 24.1. The first-order valence-electron chi connectivity index (χ1n) is 5.63. The molecule has 1 aliphatic heterocycles. The molecule has 0 aromatic carbocycles. The number of carbonyl (C=O) groups is 2. The van der Waals surface area contributed by atoms with Gasteiger partial charge in [-0.15, -0.1) is 0 Å². The molecule has 0 aromatic heterocycles. The van der Waals surface area contributed by atoms with E-state index in [-0.39, 0.29) is 24.0 Å². The maximum atomic E-state index is 11.9. The minimum absolute atomic E-state index is 0.0417. The SMILES string of the molecule is CC(CC(=O)O)NC(=O)N1CCCC1(C)C. The fourth-order valence-corrected chi connectivity index (χ4v) is 2.09. The molecule has 1 rings (SSSR count). The summed E-state index contributed by atoms with van der Waals surface area (Å²) in [6, 6.07) is -0.488. The van der Waals surface area contributed by atoms with Crippen LogP contribution in [0, 0.1) is 0 Å². The number of hydrogen-bond acceptors (Lipinski definition) is 2. The third kappa shape index (κ3) is 3.12. The van der Waals surface area contributed by atoms with Gasteiger partial charge in [0.2, 0.25) is 0 Å². The van der Waals surface area contributed by atoms with Crippen molar-refractivity contribution in [1.82, 2.24) is 10.2 Å². The summed E-state index contributed by atoms with van der Waals surface area (Å²) in [5, 5.41) is 11.3. The van der Waals surface area contributed by atoms with Crippen molar-refractivity contribution >= 4 is 12.0 Å². The molecule has 1 heterocycles. The normalized spacial score (nSPS) is 20.6. The zero-order valence-electron chi connectivity index (χ0n) is 10.1. The summed E-state index contributed by atoms with van der Waals surface area (Å²) in [6.45, 7) is 6.51. The molecule has 5 nitrogen and oxygen atoms in total. The van der Waals surface area contributed by atoms with E-state index in [4.69, 9.17) is 5.11 Å². The van der Waals surface area contributed by atoms with Crippen LogP contribution in [0.4, 0.5) is 4.79 Å². The average molecular weight is 228 g/mol. The first-order chi connectivity index (χ1) is 7.33. The Morgan fingerprint density at radius 2 is 2.12 bits per heavy atom. The van der Waals surface area contributed by atoms with Crippen molar-refractivity contribution in [3.63, 3.8) is 0 Å². The van der Waals surface area contributed by atoms with Crippen LogP contribution in [-0.2, 0) is 4.79 Å². The first kappa shape index (κ1) is 12.8. The number of likely N-dealkylation sites (tertiary alicyclic amines) is 1. The lowest BCUT2D eigenvalue weighted by atomic mass is 10.0. The van der Waals surface area contributed by atoms with Gasteiger partial charge >= 0.3 is 12.0 Å². The molecule has 5 heteroatoms. The minimum atomic E-state index is -0.895. The van der Waals surface area contributed by atoms with Crippen LogP contribution in [-0.4, -0.2) is 40.1 Å². The molecule has 92 valence electrons. The highest BCUT2D eigenvalue weighted by Gasteiger charge is 2.35. The fourth-order valence-electron chi connectivity index (χ4n) is 2.09. The molecule has 1 fully saturated rings. The van der Waals surface area contributed by atoms with Gasteiger partial charge in [0.15, 0.2) is 0 Å². The van der Waals surface area contributed by atoms with E-state index in [2.05, 4.69) is 5.32 Å². The second kappa shape index (κ2) is 4.72. The Labute approximate surface area is 95.8 Å². The smallest absolute Gasteiger partial charge is 0.318 e. The second-order valence-electron chi connectivity index (χ2n) is 5.02. The summed E-state index contributed by atoms with van der Waals surface area (Å²) in [5.41, 5.74) is -0.118. The lowest BCUT2D eigenvalue weighted by Crippen LogP contribution is -2.50. The number of urea groups is 1. The molecule has 0 aromatic rings. The molecule has 0 saturated carbocycles. The number of aliphatic carboxylic acids is 1. The van der Waals surface area contributed by atoms with Crippen LogP contribution in [0.3, 0.4) is 0 Å². The van der Waals surface area contributed by atoms with E-state index in [0.717, 1.165) is 19.4 Å².